The van der Waals surface area contributed by atoms with E-state index < -0.39 is 12.0 Å². The number of hydrogen-bond acceptors (Lipinski definition) is 5. The second-order valence-electron chi connectivity index (χ2n) is 8.00. The highest BCUT2D eigenvalue weighted by molar-refractivity contribution is 5.95. The number of ether oxygens (including phenoxy) is 2. The van der Waals surface area contributed by atoms with Gasteiger partial charge in [-0.15, -0.1) is 0 Å². The zero-order chi connectivity index (χ0) is 23.2. The fourth-order valence-electron chi connectivity index (χ4n) is 4.23. The molecule has 0 radical (unpaired) electrons. The maximum absolute atomic E-state index is 13.0. The van der Waals surface area contributed by atoms with Gasteiger partial charge in [0, 0.05) is 25.3 Å². The summed E-state index contributed by atoms with van der Waals surface area (Å²) >= 11 is 0. The molecular weight excluding hydrogens is 418 g/mol. The second-order valence-corrected chi connectivity index (χ2v) is 8.00. The predicted octanol–water partition coefficient (Wildman–Crippen LogP) is 3.66. The first-order valence-electron chi connectivity index (χ1n) is 11.2. The van der Waals surface area contributed by atoms with E-state index in [1.807, 2.05) is 42.5 Å². The zero-order valence-corrected chi connectivity index (χ0v) is 19.0. The Kier molecular flexibility index (Phi) is 7.10. The van der Waals surface area contributed by atoms with Crippen LogP contribution in [0.1, 0.15) is 30.5 Å². The summed E-state index contributed by atoms with van der Waals surface area (Å²) in [4.78, 5) is 27.7. The van der Waals surface area contributed by atoms with Gasteiger partial charge in [0.2, 0.25) is 0 Å². The number of amides is 2. The largest absolute Gasteiger partial charge is 0.497 e. The number of urea groups is 1. The Labute approximate surface area is 194 Å². The van der Waals surface area contributed by atoms with Gasteiger partial charge in [0.1, 0.15) is 5.75 Å². The number of methoxy groups -OCH3 is 1. The first-order valence-corrected chi connectivity index (χ1v) is 11.2. The minimum Gasteiger partial charge on any atom is -0.497 e. The number of esters is 1. The Morgan fingerprint density at radius 2 is 1.88 bits per heavy atom. The van der Waals surface area contributed by atoms with Crippen molar-refractivity contribution in [1.29, 1.82) is 0 Å². The summed E-state index contributed by atoms with van der Waals surface area (Å²) in [6, 6.07) is 16.7. The molecule has 2 aromatic rings. The molecule has 0 aromatic heterocycles. The Bertz CT molecular complexity index is 1060. The number of carbonyl (C=O) groups excluding carboxylic acids is 2. The highest BCUT2D eigenvalue weighted by Gasteiger charge is 2.34. The van der Waals surface area contributed by atoms with E-state index in [2.05, 4.69) is 33.7 Å². The van der Waals surface area contributed by atoms with Crippen LogP contribution in [0.25, 0.3) is 5.57 Å². The molecule has 2 N–H and O–H groups in total. The first kappa shape index (κ1) is 22.6. The summed E-state index contributed by atoms with van der Waals surface area (Å²) in [6.45, 7) is 4.05. The molecule has 1 unspecified atom stereocenters. The van der Waals surface area contributed by atoms with E-state index in [9.17, 15) is 9.59 Å². The Morgan fingerprint density at radius 3 is 2.52 bits per heavy atom. The Morgan fingerprint density at radius 1 is 1.12 bits per heavy atom. The van der Waals surface area contributed by atoms with Crippen LogP contribution in [0.5, 0.6) is 5.75 Å². The van der Waals surface area contributed by atoms with Gasteiger partial charge in [-0.1, -0.05) is 48.5 Å². The topological polar surface area (TPSA) is 79.9 Å². The summed E-state index contributed by atoms with van der Waals surface area (Å²) in [5.41, 5.74) is 4.35. The molecule has 0 saturated carbocycles. The maximum Gasteiger partial charge on any atom is 0.338 e. The van der Waals surface area contributed by atoms with Gasteiger partial charge in [-0.2, -0.15) is 0 Å². The molecule has 0 bridgehead atoms. The molecule has 0 fully saturated rings. The van der Waals surface area contributed by atoms with Gasteiger partial charge >= 0.3 is 12.0 Å². The molecule has 33 heavy (non-hydrogen) atoms. The number of benzene rings is 2. The van der Waals surface area contributed by atoms with Gasteiger partial charge in [0.25, 0.3) is 0 Å². The van der Waals surface area contributed by atoms with Crippen molar-refractivity contribution in [3.8, 4) is 5.75 Å². The average Bonchev–Trinajstić information content (AvgIpc) is 2.85. The molecule has 2 aliphatic rings. The van der Waals surface area contributed by atoms with Crippen molar-refractivity contribution < 1.29 is 19.1 Å². The van der Waals surface area contributed by atoms with Crippen molar-refractivity contribution in [1.82, 2.24) is 15.5 Å². The van der Waals surface area contributed by atoms with Crippen LogP contribution < -0.4 is 15.4 Å². The summed E-state index contributed by atoms with van der Waals surface area (Å²) in [5, 5.41) is 5.74. The van der Waals surface area contributed by atoms with Crippen LogP contribution >= 0.6 is 0 Å². The molecule has 7 nitrogen and oxygen atoms in total. The van der Waals surface area contributed by atoms with Crippen LogP contribution in [0, 0.1) is 0 Å². The summed E-state index contributed by atoms with van der Waals surface area (Å²) in [5.74, 6) is 0.272. The van der Waals surface area contributed by atoms with Crippen LogP contribution in [0.15, 0.2) is 71.9 Å². The Balaban J connectivity index is 1.60. The fourth-order valence-corrected chi connectivity index (χ4v) is 4.23. The number of nitrogens with one attached hydrogen (secondary N) is 2. The van der Waals surface area contributed by atoms with E-state index in [-0.39, 0.29) is 12.6 Å². The van der Waals surface area contributed by atoms with E-state index in [1.165, 1.54) is 11.1 Å². The third-order valence-electron chi connectivity index (χ3n) is 5.92. The van der Waals surface area contributed by atoms with Gasteiger partial charge in [-0.25, -0.2) is 9.59 Å². The monoisotopic (exact) mass is 447 g/mol. The molecule has 7 heteroatoms. The third-order valence-corrected chi connectivity index (χ3v) is 5.92. The van der Waals surface area contributed by atoms with Crippen molar-refractivity contribution in [3.63, 3.8) is 0 Å². The molecule has 172 valence electrons. The van der Waals surface area contributed by atoms with Crippen molar-refractivity contribution in [2.75, 3.05) is 33.4 Å². The normalized spacial score (nSPS) is 18.8. The summed E-state index contributed by atoms with van der Waals surface area (Å²) in [6.07, 6.45) is 3.12. The SMILES string of the molecule is CCOC(=O)C1=C(CN2CC=C(c3ccccc3)CC2)NC(=O)NC1c1ccc(OC)cc1. The molecule has 0 aliphatic carbocycles. The lowest BCUT2D eigenvalue weighted by molar-refractivity contribution is -0.139. The van der Waals surface area contributed by atoms with Gasteiger partial charge in [0.05, 0.1) is 25.3 Å². The van der Waals surface area contributed by atoms with Crippen LogP contribution in [0.4, 0.5) is 4.79 Å². The minimum atomic E-state index is -0.598. The number of rotatable bonds is 7. The van der Waals surface area contributed by atoms with Gasteiger partial charge in [-0.05, 0) is 42.2 Å². The summed E-state index contributed by atoms with van der Waals surface area (Å²) < 4.78 is 10.6. The Hall–Kier alpha value is -3.58. The van der Waals surface area contributed by atoms with E-state index in [0.29, 0.717) is 23.6 Å². The third kappa shape index (κ3) is 5.26. The van der Waals surface area contributed by atoms with Crippen molar-refractivity contribution in [2.24, 2.45) is 0 Å². The van der Waals surface area contributed by atoms with Crippen molar-refractivity contribution in [2.45, 2.75) is 19.4 Å². The molecular formula is C26H29N3O4. The second kappa shape index (κ2) is 10.4. The molecule has 1 atom stereocenters. The maximum atomic E-state index is 13.0. The molecule has 2 aliphatic heterocycles. The first-order chi connectivity index (χ1) is 16.1. The fraction of sp³-hybridized carbons (Fsp3) is 0.308. The lowest BCUT2D eigenvalue weighted by atomic mass is 9.94. The number of carbonyl (C=O) groups is 2. The lowest BCUT2D eigenvalue weighted by Crippen LogP contribution is -2.48. The summed E-state index contributed by atoms with van der Waals surface area (Å²) in [7, 11) is 1.60. The van der Waals surface area contributed by atoms with Crippen LogP contribution in [-0.4, -0.2) is 50.3 Å². The average molecular weight is 448 g/mol. The number of hydrogen-bond donors (Lipinski definition) is 2. The highest BCUT2D eigenvalue weighted by atomic mass is 16.5. The highest BCUT2D eigenvalue weighted by Crippen LogP contribution is 2.30. The van der Waals surface area contributed by atoms with Crippen LogP contribution in [0.2, 0.25) is 0 Å². The zero-order valence-electron chi connectivity index (χ0n) is 19.0. The van der Waals surface area contributed by atoms with E-state index in [1.54, 1.807) is 14.0 Å². The molecule has 2 aromatic carbocycles. The molecule has 2 heterocycles. The van der Waals surface area contributed by atoms with Gasteiger partial charge in [0.15, 0.2) is 0 Å². The van der Waals surface area contributed by atoms with Gasteiger partial charge < -0.3 is 20.1 Å². The minimum absolute atomic E-state index is 0.256. The van der Waals surface area contributed by atoms with E-state index in [0.717, 1.165) is 25.1 Å². The quantitative estimate of drug-likeness (QED) is 0.634. The van der Waals surface area contributed by atoms with Gasteiger partial charge in [-0.3, -0.25) is 4.90 Å². The molecule has 4 rings (SSSR count). The van der Waals surface area contributed by atoms with Crippen LogP contribution in [0.3, 0.4) is 0 Å². The molecule has 0 spiro atoms. The number of nitrogens with zero attached hydrogens (tertiary/aromatic N) is 1. The molecule has 2 amide bonds. The molecule has 0 saturated heterocycles. The van der Waals surface area contributed by atoms with E-state index >= 15 is 0 Å². The van der Waals surface area contributed by atoms with Crippen molar-refractivity contribution >= 4 is 17.6 Å². The predicted molar refractivity (Wildman–Crippen MR) is 127 cm³/mol. The van der Waals surface area contributed by atoms with E-state index in [4.69, 9.17) is 9.47 Å². The van der Waals surface area contributed by atoms with Crippen LogP contribution in [-0.2, 0) is 9.53 Å². The smallest absolute Gasteiger partial charge is 0.338 e. The lowest BCUT2D eigenvalue weighted by Gasteiger charge is -2.33. The standard InChI is InChI=1S/C26H29N3O4/c1-3-33-25(30)23-22(17-29-15-13-19(14-16-29)18-7-5-4-6-8-18)27-26(31)28-24(23)20-9-11-21(32-2)12-10-20/h4-13,24H,3,14-17H2,1-2H3,(H2,27,28,31). The van der Waals surface area contributed by atoms with Crippen molar-refractivity contribution in [3.05, 3.63) is 83.1 Å².